The lowest BCUT2D eigenvalue weighted by molar-refractivity contribution is -0.192. The van der Waals surface area contributed by atoms with Gasteiger partial charge in [0, 0.05) is 27.9 Å². The van der Waals surface area contributed by atoms with Crippen LogP contribution in [0.1, 0.15) is 34.3 Å². The molecule has 190 valence electrons. The number of carboxylic acid groups (broad SMARTS) is 1. The maximum atomic E-state index is 10.6. The number of aliphatic carboxylic acids is 1. The van der Waals surface area contributed by atoms with E-state index in [0.29, 0.717) is 5.92 Å². The molecule has 0 saturated carbocycles. The first-order valence-corrected chi connectivity index (χ1v) is 12.3. The molecular formula is C25H26F3N5O2S. The molecule has 3 aromatic heterocycles. The number of nitrogens with zero attached hydrogens (tertiary/aromatic N) is 4. The molecule has 7 nitrogen and oxygen atoms in total. The molecule has 0 bridgehead atoms. The number of likely N-dealkylation sites (tertiary alicyclic amines) is 1. The van der Waals surface area contributed by atoms with Gasteiger partial charge in [0.05, 0.1) is 11.9 Å². The Morgan fingerprint density at radius 3 is 2.39 bits per heavy atom. The third-order valence-corrected chi connectivity index (χ3v) is 6.77. The minimum absolute atomic E-state index is 0.446. The SMILES string of the molecule is Cc1ccc(CN2CCC(c3nc4ccc(Nc5ccccc5)cn4n3)CC2)s1.O=C(O)C(F)(F)F. The monoisotopic (exact) mass is 517 g/mol. The van der Waals surface area contributed by atoms with Crippen LogP contribution in [0.15, 0.2) is 60.8 Å². The molecule has 36 heavy (non-hydrogen) atoms. The van der Waals surface area contributed by atoms with Gasteiger partial charge in [-0.25, -0.2) is 14.3 Å². The lowest BCUT2D eigenvalue weighted by atomic mass is 9.96. The predicted molar refractivity (Wildman–Crippen MR) is 133 cm³/mol. The average Bonchev–Trinajstić information content (AvgIpc) is 3.45. The van der Waals surface area contributed by atoms with E-state index in [0.717, 1.165) is 55.3 Å². The second kappa shape index (κ2) is 11.1. The summed E-state index contributed by atoms with van der Waals surface area (Å²) in [5.74, 6) is -1.33. The number of rotatable bonds is 5. The fourth-order valence-corrected chi connectivity index (χ4v) is 4.91. The highest BCUT2D eigenvalue weighted by atomic mass is 32.1. The highest BCUT2D eigenvalue weighted by molar-refractivity contribution is 7.11. The van der Waals surface area contributed by atoms with Crippen LogP contribution < -0.4 is 5.32 Å². The smallest absolute Gasteiger partial charge is 0.475 e. The largest absolute Gasteiger partial charge is 0.490 e. The summed E-state index contributed by atoms with van der Waals surface area (Å²) in [6, 6.07) is 18.8. The summed E-state index contributed by atoms with van der Waals surface area (Å²) >= 11 is 1.91. The van der Waals surface area contributed by atoms with E-state index >= 15 is 0 Å². The van der Waals surface area contributed by atoms with Gasteiger partial charge in [-0.1, -0.05) is 18.2 Å². The summed E-state index contributed by atoms with van der Waals surface area (Å²) in [6.45, 7) is 5.46. The number of halogens is 3. The van der Waals surface area contributed by atoms with E-state index in [1.54, 1.807) is 0 Å². The molecule has 0 atom stereocenters. The molecule has 0 aliphatic carbocycles. The van der Waals surface area contributed by atoms with Crippen molar-refractivity contribution in [3.05, 3.63) is 76.4 Å². The summed E-state index contributed by atoms with van der Waals surface area (Å²) in [6.07, 6.45) is -0.820. The summed E-state index contributed by atoms with van der Waals surface area (Å²) in [5, 5.41) is 15.3. The maximum Gasteiger partial charge on any atom is 0.490 e. The number of thiophene rings is 1. The third kappa shape index (κ3) is 6.82. The molecule has 1 fully saturated rings. The van der Waals surface area contributed by atoms with Gasteiger partial charge in [-0.3, -0.25) is 4.90 Å². The first-order chi connectivity index (χ1) is 17.2. The number of pyridine rings is 1. The van der Waals surface area contributed by atoms with Crippen LogP contribution in [0.25, 0.3) is 5.65 Å². The summed E-state index contributed by atoms with van der Waals surface area (Å²) in [5.41, 5.74) is 3.00. The third-order valence-electron chi connectivity index (χ3n) is 5.78. The molecule has 0 amide bonds. The van der Waals surface area contributed by atoms with Crippen LogP contribution in [0, 0.1) is 6.92 Å². The normalized spacial score (nSPS) is 14.9. The number of hydrogen-bond acceptors (Lipinski definition) is 6. The number of anilines is 2. The lowest BCUT2D eigenvalue weighted by Crippen LogP contribution is -2.32. The molecule has 1 aromatic carbocycles. The Morgan fingerprint density at radius 1 is 1.08 bits per heavy atom. The van der Waals surface area contributed by atoms with E-state index in [1.807, 2.05) is 46.3 Å². The number of alkyl halides is 3. The van der Waals surface area contributed by atoms with Crippen molar-refractivity contribution >= 4 is 34.3 Å². The van der Waals surface area contributed by atoms with Crippen molar-refractivity contribution in [1.29, 1.82) is 0 Å². The van der Waals surface area contributed by atoms with Gasteiger partial charge < -0.3 is 10.4 Å². The first kappa shape index (κ1) is 25.6. The number of aryl methyl sites for hydroxylation is 1. The Kier molecular flexibility index (Phi) is 7.90. The van der Waals surface area contributed by atoms with E-state index in [9.17, 15) is 13.2 Å². The summed E-state index contributed by atoms with van der Waals surface area (Å²) in [4.78, 5) is 19.1. The van der Waals surface area contributed by atoms with Gasteiger partial charge in [-0.05, 0) is 69.3 Å². The molecule has 0 spiro atoms. The molecule has 1 saturated heterocycles. The van der Waals surface area contributed by atoms with Gasteiger partial charge in [-0.2, -0.15) is 18.3 Å². The van der Waals surface area contributed by atoms with Crippen LogP contribution in [0.3, 0.4) is 0 Å². The average molecular weight is 518 g/mol. The number of benzene rings is 1. The molecule has 0 radical (unpaired) electrons. The number of carbonyl (C=O) groups is 1. The number of nitrogens with one attached hydrogen (secondary N) is 1. The number of hydrogen-bond donors (Lipinski definition) is 2. The molecule has 1 aliphatic heterocycles. The van der Waals surface area contributed by atoms with Crippen molar-refractivity contribution in [3.63, 3.8) is 0 Å². The van der Waals surface area contributed by atoms with Crippen LogP contribution in [-0.2, 0) is 11.3 Å². The number of piperidine rings is 1. The predicted octanol–water partition coefficient (Wildman–Crippen LogP) is 5.86. The fourth-order valence-electron chi connectivity index (χ4n) is 3.98. The minimum Gasteiger partial charge on any atom is -0.475 e. The van der Waals surface area contributed by atoms with E-state index in [2.05, 4.69) is 47.5 Å². The molecule has 1 aliphatic rings. The van der Waals surface area contributed by atoms with Crippen molar-refractivity contribution in [2.24, 2.45) is 0 Å². The number of carboxylic acids is 1. The summed E-state index contributed by atoms with van der Waals surface area (Å²) in [7, 11) is 0. The zero-order valence-corrected chi connectivity index (χ0v) is 20.4. The topological polar surface area (TPSA) is 82.8 Å². The second-order valence-corrected chi connectivity index (χ2v) is 9.92. The zero-order chi connectivity index (χ0) is 25.7. The molecule has 11 heteroatoms. The van der Waals surface area contributed by atoms with E-state index in [1.165, 1.54) is 9.75 Å². The Morgan fingerprint density at radius 2 is 1.78 bits per heavy atom. The molecule has 4 heterocycles. The van der Waals surface area contributed by atoms with Gasteiger partial charge in [0.15, 0.2) is 11.5 Å². The summed E-state index contributed by atoms with van der Waals surface area (Å²) < 4.78 is 33.6. The van der Waals surface area contributed by atoms with Crippen molar-refractivity contribution in [3.8, 4) is 0 Å². The van der Waals surface area contributed by atoms with E-state index in [4.69, 9.17) is 20.0 Å². The lowest BCUT2D eigenvalue weighted by Gasteiger charge is -2.30. The van der Waals surface area contributed by atoms with E-state index in [-0.39, 0.29) is 0 Å². The number of para-hydroxylation sites is 1. The van der Waals surface area contributed by atoms with Crippen LogP contribution in [0.2, 0.25) is 0 Å². The molecule has 4 aromatic rings. The molecule has 0 unspecified atom stereocenters. The zero-order valence-electron chi connectivity index (χ0n) is 19.6. The van der Waals surface area contributed by atoms with Crippen molar-refractivity contribution < 1.29 is 23.1 Å². The van der Waals surface area contributed by atoms with E-state index < -0.39 is 12.1 Å². The number of aromatic nitrogens is 3. The fraction of sp³-hybridized carbons (Fsp3) is 0.320. The maximum absolute atomic E-state index is 10.6. The minimum atomic E-state index is -5.08. The quantitative estimate of drug-likeness (QED) is 0.345. The van der Waals surface area contributed by atoms with Crippen molar-refractivity contribution in [1.82, 2.24) is 19.5 Å². The Labute approximate surface area is 210 Å². The van der Waals surface area contributed by atoms with Crippen molar-refractivity contribution in [2.45, 2.75) is 38.4 Å². The van der Waals surface area contributed by atoms with Gasteiger partial charge in [0.25, 0.3) is 0 Å². The first-order valence-electron chi connectivity index (χ1n) is 11.4. The van der Waals surface area contributed by atoms with Gasteiger partial charge in [0.2, 0.25) is 0 Å². The molecule has 5 rings (SSSR count). The Bertz CT molecular complexity index is 1300. The van der Waals surface area contributed by atoms with Gasteiger partial charge in [0.1, 0.15) is 0 Å². The molecular weight excluding hydrogens is 491 g/mol. The van der Waals surface area contributed by atoms with Gasteiger partial charge in [-0.15, -0.1) is 11.3 Å². The van der Waals surface area contributed by atoms with Crippen molar-refractivity contribution in [2.75, 3.05) is 18.4 Å². The highest BCUT2D eigenvalue weighted by Crippen LogP contribution is 2.28. The van der Waals surface area contributed by atoms with Crippen LogP contribution in [0.5, 0.6) is 0 Å². The van der Waals surface area contributed by atoms with Crippen LogP contribution in [0.4, 0.5) is 24.5 Å². The second-order valence-electron chi connectivity index (χ2n) is 8.55. The highest BCUT2D eigenvalue weighted by Gasteiger charge is 2.38. The van der Waals surface area contributed by atoms with Crippen LogP contribution in [-0.4, -0.2) is 49.8 Å². The number of fused-ring (bicyclic) bond motifs is 1. The Hall–Kier alpha value is -3.44. The molecule has 2 N–H and O–H groups in total. The Balaban J connectivity index is 0.000000384. The standard InChI is InChI=1S/C23H25N5S.C2HF3O2/c1-17-7-9-21(29-17)16-27-13-11-18(12-14-27)23-25-22-10-8-20(15-28(22)26-23)24-19-5-3-2-4-6-19;3-2(4,5)1(6)7/h2-10,15,18,24H,11-14,16H2,1H3;(H,6,7). The van der Waals surface area contributed by atoms with Gasteiger partial charge >= 0.3 is 12.1 Å². The van der Waals surface area contributed by atoms with Crippen LogP contribution >= 0.6 is 11.3 Å².